The number of methoxy groups -OCH3 is 1. The Morgan fingerprint density at radius 1 is 1.42 bits per heavy atom. The zero-order valence-electron chi connectivity index (χ0n) is 11.3. The first-order valence-electron chi connectivity index (χ1n) is 6.45. The van der Waals surface area contributed by atoms with Gasteiger partial charge in [-0.25, -0.2) is 4.79 Å². The maximum atomic E-state index is 12.1. The van der Waals surface area contributed by atoms with E-state index in [9.17, 15) is 18.0 Å². The summed E-state index contributed by atoms with van der Waals surface area (Å²) in [4.78, 5) is 13.4. The van der Waals surface area contributed by atoms with Gasteiger partial charge in [0.05, 0.1) is 6.61 Å². The monoisotopic (exact) mass is 282 g/mol. The number of nitrogens with zero attached hydrogens (tertiary/aromatic N) is 1. The summed E-state index contributed by atoms with van der Waals surface area (Å²) in [5.74, 6) is 0.313. The number of hydrogen-bond acceptors (Lipinski definition) is 2. The van der Waals surface area contributed by atoms with Crippen LogP contribution in [-0.4, -0.2) is 50.0 Å². The molecule has 0 heterocycles. The summed E-state index contributed by atoms with van der Waals surface area (Å²) in [6.07, 6.45) is -1.54. The Labute approximate surface area is 111 Å². The summed E-state index contributed by atoms with van der Waals surface area (Å²) in [6.45, 7) is 1.36. The normalized spacial score (nSPS) is 23.4. The predicted octanol–water partition coefficient (Wildman–Crippen LogP) is 2.40. The minimum absolute atomic E-state index is 0.00313. The lowest BCUT2D eigenvalue weighted by Gasteiger charge is -2.32. The van der Waals surface area contributed by atoms with Gasteiger partial charge in [-0.1, -0.05) is 13.3 Å². The molecule has 0 unspecified atom stereocenters. The molecule has 0 spiro atoms. The van der Waals surface area contributed by atoms with E-state index in [1.807, 2.05) is 12.2 Å². The van der Waals surface area contributed by atoms with Crippen LogP contribution in [-0.2, 0) is 4.74 Å². The zero-order chi connectivity index (χ0) is 14.5. The quantitative estimate of drug-likeness (QED) is 0.841. The van der Waals surface area contributed by atoms with Crippen LogP contribution < -0.4 is 5.32 Å². The van der Waals surface area contributed by atoms with Crippen molar-refractivity contribution in [3.8, 4) is 0 Å². The van der Waals surface area contributed by atoms with E-state index < -0.39 is 18.8 Å². The predicted molar refractivity (Wildman–Crippen MR) is 64.8 cm³/mol. The Bertz CT molecular complexity index is 297. The average molecular weight is 282 g/mol. The van der Waals surface area contributed by atoms with Gasteiger partial charge < -0.3 is 15.0 Å². The van der Waals surface area contributed by atoms with Gasteiger partial charge >= 0.3 is 12.2 Å². The number of carbonyl (C=O) groups is 1. The fourth-order valence-corrected chi connectivity index (χ4v) is 2.47. The van der Waals surface area contributed by atoms with Crippen LogP contribution in [0.1, 0.15) is 26.2 Å². The Morgan fingerprint density at radius 3 is 2.58 bits per heavy atom. The van der Waals surface area contributed by atoms with Gasteiger partial charge in [-0.3, -0.25) is 0 Å². The summed E-state index contributed by atoms with van der Waals surface area (Å²) < 4.78 is 41.3. The van der Waals surface area contributed by atoms with E-state index in [0.29, 0.717) is 19.1 Å². The Kier molecular flexibility index (Phi) is 5.90. The zero-order valence-corrected chi connectivity index (χ0v) is 11.3. The van der Waals surface area contributed by atoms with E-state index >= 15 is 0 Å². The SMILES string of the molecule is COCCN(C(=O)NCC(F)(F)F)[C@@H]1CCC[C@@H]1C. The summed E-state index contributed by atoms with van der Waals surface area (Å²) in [6, 6.07) is -0.656. The molecule has 0 aromatic carbocycles. The number of ether oxygens (including phenoxy) is 1. The molecule has 2 amide bonds. The molecular weight excluding hydrogens is 261 g/mol. The van der Waals surface area contributed by atoms with Crippen LogP contribution >= 0.6 is 0 Å². The van der Waals surface area contributed by atoms with Crippen molar-refractivity contribution in [3.63, 3.8) is 0 Å². The van der Waals surface area contributed by atoms with Crippen molar-refractivity contribution >= 4 is 6.03 Å². The van der Waals surface area contributed by atoms with Gasteiger partial charge in [-0.2, -0.15) is 13.2 Å². The van der Waals surface area contributed by atoms with Crippen LogP contribution in [0.2, 0.25) is 0 Å². The van der Waals surface area contributed by atoms with Crippen molar-refractivity contribution in [2.75, 3.05) is 26.8 Å². The largest absolute Gasteiger partial charge is 0.405 e. The Morgan fingerprint density at radius 2 is 2.11 bits per heavy atom. The third-order valence-corrected chi connectivity index (χ3v) is 3.45. The van der Waals surface area contributed by atoms with Gasteiger partial charge in [0.15, 0.2) is 0 Å². The van der Waals surface area contributed by atoms with Crippen molar-refractivity contribution < 1.29 is 22.7 Å². The van der Waals surface area contributed by atoms with E-state index in [2.05, 4.69) is 0 Å². The van der Waals surface area contributed by atoms with Gasteiger partial charge in [-0.15, -0.1) is 0 Å². The lowest BCUT2D eigenvalue weighted by Crippen LogP contribution is -2.50. The smallest absolute Gasteiger partial charge is 0.383 e. The summed E-state index contributed by atoms with van der Waals surface area (Å²) in [7, 11) is 1.50. The fourth-order valence-electron chi connectivity index (χ4n) is 2.47. The molecule has 0 aromatic heterocycles. The topological polar surface area (TPSA) is 41.6 Å². The van der Waals surface area contributed by atoms with Crippen molar-refractivity contribution in [3.05, 3.63) is 0 Å². The highest BCUT2D eigenvalue weighted by Crippen LogP contribution is 2.29. The highest BCUT2D eigenvalue weighted by Gasteiger charge is 2.34. The van der Waals surface area contributed by atoms with Gasteiger partial charge in [0.1, 0.15) is 6.54 Å². The lowest BCUT2D eigenvalue weighted by molar-refractivity contribution is -0.123. The third-order valence-electron chi connectivity index (χ3n) is 3.45. The summed E-state index contributed by atoms with van der Waals surface area (Å²) in [5, 5.41) is 1.94. The van der Waals surface area contributed by atoms with E-state index in [1.54, 1.807) is 0 Å². The summed E-state index contributed by atoms with van der Waals surface area (Å²) >= 11 is 0. The first kappa shape index (κ1) is 16.1. The second kappa shape index (κ2) is 6.98. The second-order valence-electron chi connectivity index (χ2n) is 4.94. The fraction of sp³-hybridized carbons (Fsp3) is 0.917. The van der Waals surface area contributed by atoms with E-state index in [1.165, 1.54) is 12.0 Å². The number of alkyl halides is 3. The van der Waals surface area contributed by atoms with E-state index in [-0.39, 0.29) is 6.04 Å². The number of amides is 2. The standard InChI is InChI=1S/C12H21F3N2O2/c1-9-4-3-5-10(9)17(6-7-19-2)11(18)16-8-12(13,14)15/h9-10H,3-8H2,1-2H3,(H,16,18)/t9-,10+/m0/s1. The molecule has 112 valence electrons. The number of urea groups is 1. The number of halogens is 3. The van der Waals surface area contributed by atoms with Crippen molar-refractivity contribution in [1.29, 1.82) is 0 Å². The molecule has 7 heteroatoms. The molecule has 4 nitrogen and oxygen atoms in total. The highest BCUT2D eigenvalue weighted by molar-refractivity contribution is 5.74. The molecule has 0 radical (unpaired) electrons. The minimum atomic E-state index is -4.39. The summed E-state index contributed by atoms with van der Waals surface area (Å²) in [5.41, 5.74) is 0. The molecule has 1 aliphatic rings. The average Bonchev–Trinajstić information content (AvgIpc) is 2.73. The van der Waals surface area contributed by atoms with Crippen molar-refractivity contribution in [2.45, 2.75) is 38.4 Å². The number of nitrogens with one attached hydrogen (secondary N) is 1. The number of hydrogen-bond donors (Lipinski definition) is 1. The molecular formula is C12H21F3N2O2. The second-order valence-corrected chi connectivity index (χ2v) is 4.94. The molecule has 1 N–H and O–H groups in total. The molecule has 0 saturated heterocycles. The molecule has 19 heavy (non-hydrogen) atoms. The number of carbonyl (C=O) groups excluding carboxylic acids is 1. The Balaban J connectivity index is 2.59. The van der Waals surface area contributed by atoms with Crippen LogP contribution in [0.3, 0.4) is 0 Å². The molecule has 0 aromatic rings. The van der Waals surface area contributed by atoms with Gasteiger partial charge in [-0.05, 0) is 18.8 Å². The molecule has 2 atom stereocenters. The highest BCUT2D eigenvalue weighted by atomic mass is 19.4. The van der Waals surface area contributed by atoms with Crippen LogP contribution in [0.25, 0.3) is 0 Å². The van der Waals surface area contributed by atoms with E-state index in [0.717, 1.165) is 19.3 Å². The molecule has 0 bridgehead atoms. The van der Waals surface area contributed by atoms with Crippen LogP contribution in [0.15, 0.2) is 0 Å². The van der Waals surface area contributed by atoms with Crippen molar-refractivity contribution in [1.82, 2.24) is 10.2 Å². The van der Waals surface area contributed by atoms with E-state index in [4.69, 9.17) is 4.74 Å². The molecule has 1 saturated carbocycles. The van der Waals surface area contributed by atoms with Crippen LogP contribution in [0.4, 0.5) is 18.0 Å². The van der Waals surface area contributed by atoms with Crippen LogP contribution in [0.5, 0.6) is 0 Å². The molecule has 1 fully saturated rings. The minimum Gasteiger partial charge on any atom is -0.383 e. The maximum Gasteiger partial charge on any atom is 0.405 e. The third kappa shape index (κ3) is 5.26. The number of rotatable bonds is 5. The molecule has 0 aliphatic heterocycles. The molecule has 1 aliphatic carbocycles. The van der Waals surface area contributed by atoms with Crippen LogP contribution in [0, 0.1) is 5.92 Å². The van der Waals surface area contributed by atoms with Gasteiger partial charge in [0.2, 0.25) is 0 Å². The van der Waals surface area contributed by atoms with Gasteiger partial charge in [0.25, 0.3) is 0 Å². The Hall–Kier alpha value is -0.980. The molecule has 1 rings (SSSR count). The van der Waals surface area contributed by atoms with Crippen molar-refractivity contribution in [2.24, 2.45) is 5.92 Å². The van der Waals surface area contributed by atoms with Gasteiger partial charge in [0, 0.05) is 19.7 Å². The first-order valence-corrected chi connectivity index (χ1v) is 6.45. The maximum absolute atomic E-state index is 12.1. The lowest BCUT2D eigenvalue weighted by atomic mass is 10.1. The first-order chi connectivity index (χ1) is 8.85.